The van der Waals surface area contributed by atoms with Gasteiger partial charge in [0, 0.05) is 38.9 Å². The van der Waals surface area contributed by atoms with E-state index in [9.17, 15) is 13.2 Å². The van der Waals surface area contributed by atoms with Gasteiger partial charge < -0.3 is 20.1 Å². The summed E-state index contributed by atoms with van der Waals surface area (Å²) in [6.45, 7) is 2.22. The molecule has 2 aliphatic rings. The predicted molar refractivity (Wildman–Crippen MR) is 113 cm³/mol. The Balaban J connectivity index is 0.00000101. The fraction of sp³-hybridized carbons (Fsp3) is 0.600. The Bertz CT molecular complexity index is 845. The summed E-state index contributed by atoms with van der Waals surface area (Å²) in [5.74, 6) is 0.439. The molecule has 168 valence electrons. The topological polar surface area (TPSA) is 116 Å². The zero-order valence-electron chi connectivity index (χ0n) is 17.8. The van der Waals surface area contributed by atoms with Crippen molar-refractivity contribution in [3.05, 3.63) is 24.3 Å². The molecule has 1 aromatic rings. The van der Waals surface area contributed by atoms with E-state index in [-0.39, 0.29) is 23.4 Å². The van der Waals surface area contributed by atoms with Crippen LogP contribution in [0.4, 0.5) is 5.69 Å². The lowest BCUT2D eigenvalue weighted by molar-refractivity contribution is -0.123. The number of methoxy groups -OCH3 is 1. The van der Waals surface area contributed by atoms with Crippen molar-refractivity contribution in [2.75, 3.05) is 39.6 Å². The lowest BCUT2D eigenvalue weighted by atomic mass is 9.77. The largest absolute Gasteiger partial charge is 0.483 e. The fourth-order valence-corrected chi connectivity index (χ4v) is 6.03. The molecule has 0 unspecified atom stereocenters. The minimum absolute atomic E-state index is 0.131. The number of likely N-dealkylation sites (N-methyl/N-ethyl adjacent to an activating group) is 1. The number of ether oxygens (including phenoxy) is 1. The number of nitrogens with zero attached hydrogens (tertiary/aromatic N) is 2. The summed E-state index contributed by atoms with van der Waals surface area (Å²) < 4.78 is 33.6. The van der Waals surface area contributed by atoms with Crippen LogP contribution in [-0.4, -0.2) is 81.5 Å². The van der Waals surface area contributed by atoms with Crippen molar-refractivity contribution in [1.29, 1.82) is 0 Å². The zero-order chi connectivity index (χ0) is 22.5. The van der Waals surface area contributed by atoms with E-state index >= 15 is 0 Å². The molecular formula is C20H31N3O6S. The Hall–Kier alpha value is -2.01. The van der Waals surface area contributed by atoms with Crippen molar-refractivity contribution >= 4 is 28.1 Å². The number of hydrogen-bond donors (Lipinski definition) is 2. The normalized spacial score (nSPS) is 26.4. The molecular weight excluding hydrogens is 410 g/mol. The molecule has 0 aromatic heterocycles. The zero-order valence-corrected chi connectivity index (χ0v) is 18.6. The molecule has 0 bridgehead atoms. The average Bonchev–Trinajstić information content (AvgIpc) is 3.11. The Labute approximate surface area is 178 Å². The third-order valence-corrected chi connectivity index (χ3v) is 7.64. The van der Waals surface area contributed by atoms with Crippen LogP contribution in [0.3, 0.4) is 0 Å². The lowest BCUT2D eigenvalue weighted by Crippen LogP contribution is -2.47. The number of fused-ring (bicyclic) bond motifs is 1. The molecule has 1 heterocycles. The van der Waals surface area contributed by atoms with Gasteiger partial charge in [0.1, 0.15) is 0 Å². The quantitative estimate of drug-likeness (QED) is 0.662. The Morgan fingerprint density at radius 3 is 2.40 bits per heavy atom. The van der Waals surface area contributed by atoms with Crippen molar-refractivity contribution in [2.45, 2.75) is 36.8 Å². The third-order valence-electron chi connectivity index (χ3n) is 5.81. The van der Waals surface area contributed by atoms with E-state index in [0.29, 0.717) is 36.7 Å². The number of sulfonamides is 1. The average molecular weight is 442 g/mol. The molecule has 0 spiro atoms. The minimum atomic E-state index is -3.59. The van der Waals surface area contributed by atoms with Crippen LogP contribution < -0.4 is 5.32 Å². The molecule has 30 heavy (non-hydrogen) atoms. The van der Waals surface area contributed by atoms with Gasteiger partial charge in [-0.15, -0.1) is 0 Å². The van der Waals surface area contributed by atoms with E-state index in [0.717, 1.165) is 12.8 Å². The molecule has 1 aromatic carbocycles. The number of carbonyl (C=O) groups excluding carboxylic acids is 1. The van der Waals surface area contributed by atoms with Crippen LogP contribution >= 0.6 is 0 Å². The van der Waals surface area contributed by atoms with Gasteiger partial charge in [0.2, 0.25) is 15.9 Å². The van der Waals surface area contributed by atoms with Gasteiger partial charge in [0.15, 0.2) is 0 Å². The highest BCUT2D eigenvalue weighted by atomic mass is 32.2. The first kappa shape index (κ1) is 24.3. The number of rotatable bonds is 5. The van der Waals surface area contributed by atoms with Gasteiger partial charge in [-0.05, 0) is 57.0 Å². The Morgan fingerprint density at radius 1 is 1.27 bits per heavy atom. The molecule has 2 N–H and O–H groups in total. The number of benzene rings is 1. The first-order valence-electron chi connectivity index (χ1n) is 9.78. The fourth-order valence-electron chi connectivity index (χ4n) is 4.43. The van der Waals surface area contributed by atoms with E-state index in [1.54, 1.807) is 29.6 Å². The van der Waals surface area contributed by atoms with E-state index in [4.69, 9.17) is 14.6 Å². The first-order chi connectivity index (χ1) is 14.1. The molecule has 2 fully saturated rings. The standard InChI is InChI=1S/C19H29N3O4S.CH2O2/c1-13(23)20-16-6-5-7-17(10-16)27(24,25)22-11-14-8-18(21(2)3)19(26-4)9-15(14)12-22;2-1-3/h5-7,10,14-15,18-19H,8-9,11-12H2,1-4H3,(H,20,23);1H,(H,2,3)/t14-,15+,18-,19-;/m1./s1. The number of amides is 1. The Morgan fingerprint density at radius 2 is 1.87 bits per heavy atom. The van der Waals surface area contributed by atoms with Crippen LogP contribution in [0.5, 0.6) is 0 Å². The molecule has 1 saturated carbocycles. The number of carbonyl (C=O) groups is 2. The van der Waals surface area contributed by atoms with Crippen LogP contribution in [0.2, 0.25) is 0 Å². The highest BCUT2D eigenvalue weighted by Crippen LogP contribution is 2.40. The smallest absolute Gasteiger partial charge is 0.290 e. The molecule has 10 heteroatoms. The van der Waals surface area contributed by atoms with Crippen molar-refractivity contribution in [3.63, 3.8) is 0 Å². The summed E-state index contributed by atoms with van der Waals surface area (Å²) in [4.78, 5) is 22.0. The van der Waals surface area contributed by atoms with Crippen LogP contribution in [0.1, 0.15) is 19.8 Å². The SMILES string of the molecule is CO[C@@H]1C[C@H]2CN(S(=O)(=O)c3cccc(NC(C)=O)c3)C[C@H]2C[C@H]1N(C)C.O=CO. The van der Waals surface area contributed by atoms with Gasteiger partial charge in [-0.3, -0.25) is 9.59 Å². The van der Waals surface area contributed by atoms with Gasteiger partial charge >= 0.3 is 0 Å². The van der Waals surface area contributed by atoms with Crippen LogP contribution in [0, 0.1) is 11.8 Å². The van der Waals surface area contributed by atoms with E-state index in [2.05, 4.69) is 10.2 Å². The highest BCUT2D eigenvalue weighted by Gasteiger charge is 2.46. The minimum Gasteiger partial charge on any atom is -0.483 e. The van der Waals surface area contributed by atoms with Crippen molar-refractivity contribution in [1.82, 2.24) is 9.21 Å². The number of hydrogen-bond acceptors (Lipinski definition) is 6. The molecule has 3 rings (SSSR count). The number of nitrogens with one attached hydrogen (secondary N) is 1. The van der Waals surface area contributed by atoms with Crippen LogP contribution in [-0.2, 0) is 24.3 Å². The van der Waals surface area contributed by atoms with Crippen molar-refractivity contribution in [3.8, 4) is 0 Å². The number of anilines is 1. The van der Waals surface area contributed by atoms with Gasteiger partial charge in [-0.1, -0.05) is 6.07 Å². The van der Waals surface area contributed by atoms with Gasteiger partial charge in [-0.2, -0.15) is 4.31 Å². The molecule has 1 aliphatic heterocycles. The van der Waals surface area contributed by atoms with Crippen molar-refractivity contribution in [2.24, 2.45) is 11.8 Å². The summed E-state index contributed by atoms with van der Waals surface area (Å²) in [5, 5.41) is 9.53. The summed E-state index contributed by atoms with van der Waals surface area (Å²) in [6.07, 6.45) is 1.95. The molecule has 0 radical (unpaired) electrons. The van der Waals surface area contributed by atoms with E-state index in [1.165, 1.54) is 13.0 Å². The van der Waals surface area contributed by atoms with Gasteiger partial charge in [0.05, 0.1) is 11.0 Å². The molecule has 9 nitrogen and oxygen atoms in total. The monoisotopic (exact) mass is 441 g/mol. The van der Waals surface area contributed by atoms with Gasteiger partial charge in [-0.25, -0.2) is 8.42 Å². The second kappa shape index (κ2) is 10.3. The maximum absolute atomic E-state index is 13.2. The highest BCUT2D eigenvalue weighted by molar-refractivity contribution is 7.89. The molecule has 1 aliphatic carbocycles. The van der Waals surface area contributed by atoms with Crippen LogP contribution in [0.25, 0.3) is 0 Å². The summed E-state index contributed by atoms with van der Waals surface area (Å²) in [6, 6.07) is 6.77. The lowest BCUT2D eigenvalue weighted by Gasteiger charge is -2.40. The third kappa shape index (κ3) is 5.57. The maximum atomic E-state index is 13.2. The molecule has 4 atom stereocenters. The van der Waals surface area contributed by atoms with E-state index < -0.39 is 10.0 Å². The summed E-state index contributed by atoms with van der Waals surface area (Å²) in [7, 11) is 2.24. The van der Waals surface area contributed by atoms with E-state index in [1.807, 2.05) is 14.1 Å². The first-order valence-corrected chi connectivity index (χ1v) is 11.2. The van der Waals surface area contributed by atoms with Crippen LogP contribution in [0.15, 0.2) is 29.2 Å². The van der Waals surface area contributed by atoms with Crippen molar-refractivity contribution < 1.29 is 27.9 Å². The maximum Gasteiger partial charge on any atom is 0.290 e. The molecule has 1 amide bonds. The predicted octanol–water partition coefficient (Wildman–Crippen LogP) is 1.32. The summed E-state index contributed by atoms with van der Waals surface area (Å²) in [5.41, 5.74) is 0.493. The number of carboxylic acid groups (broad SMARTS) is 1. The Kier molecular flexibility index (Phi) is 8.36. The second-order valence-electron chi connectivity index (χ2n) is 7.93. The summed E-state index contributed by atoms with van der Waals surface area (Å²) >= 11 is 0. The van der Waals surface area contributed by atoms with Gasteiger partial charge in [0.25, 0.3) is 6.47 Å². The molecule has 1 saturated heterocycles. The second-order valence-corrected chi connectivity index (χ2v) is 9.87.